The van der Waals surface area contributed by atoms with Gasteiger partial charge in [0.25, 0.3) is 0 Å². The van der Waals surface area contributed by atoms with Crippen LogP contribution in [-0.2, 0) is 11.3 Å². The Morgan fingerprint density at radius 1 is 1.14 bits per heavy atom. The molecule has 4 heteroatoms. The highest BCUT2D eigenvalue weighted by molar-refractivity contribution is 5.77. The maximum absolute atomic E-state index is 11.6. The summed E-state index contributed by atoms with van der Waals surface area (Å²) in [5.74, 6) is 0.546. The molecule has 0 saturated heterocycles. The predicted octanol–water partition coefficient (Wildman–Crippen LogP) is 2.39. The average molecular weight is 291 g/mol. The van der Waals surface area contributed by atoms with Crippen molar-refractivity contribution in [2.75, 3.05) is 31.1 Å². The lowest BCUT2D eigenvalue weighted by Gasteiger charge is -2.21. The van der Waals surface area contributed by atoms with Crippen LogP contribution in [0.2, 0.25) is 0 Å². The van der Waals surface area contributed by atoms with Crippen LogP contribution in [0.1, 0.15) is 33.3 Å². The van der Waals surface area contributed by atoms with Crippen LogP contribution < -0.4 is 15.5 Å². The lowest BCUT2D eigenvalue weighted by Crippen LogP contribution is -2.35. The van der Waals surface area contributed by atoms with E-state index >= 15 is 0 Å². The first-order valence-electron chi connectivity index (χ1n) is 7.88. The van der Waals surface area contributed by atoms with Crippen LogP contribution in [0.4, 0.5) is 5.69 Å². The summed E-state index contributed by atoms with van der Waals surface area (Å²) in [6.07, 6.45) is 0. The molecule has 4 nitrogen and oxygen atoms in total. The molecule has 0 saturated carbocycles. The summed E-state index contributed by atoms with van der Waals surface area (Å²) in [5, 5.41) is 6.08. The molecule has 118 valence electrons. The second-order valence-corrected chi connectivity index (χ2v) is 5.64. The van der Waals surface area contributed by atoms with Crippen molar-refractivity contribution in [2.45, 2.75) is 34.2 Å². The Morgan fingerprint density at radius 2 is 1.76 bits per heavy atom. The van der Waals surface area contributed by atoms with Gasteiger partial charge in [0.15, 0.2) is 0 Å². The highest BCUT2D eigenvalue weighted by Gasteiger charge is 2.03. The van der Waals surface area contributed by atoms with E-state index in [1.165, 1.54) is 11.3 Å². The maximum atomic E-state index is 11.6. The SMILES string of the molecule is CCN(CC)c1ccc(CNCC(=O)NCC(C)C)cc1. The number of hydrogen-bond acceptors (Lipinski definition) is 3. The molecule has 1 aromatic carbocycles. The van der Waals surface area contributed by atoms with E-state index in [0.717, 1.165) is 19.6 Å². The van der Waals surface area contributed by atoms with E-state index in [0.29, 0.717) is 19.0 Å². The second-order valence-electron chi connectivity index (χ2n) is 5.64. The fourth-order valence-electron chi connectivity index (χ4n) is 2.11. The Bertz CT molecular complexity index is 411. The van der Waals surface area contributed by atoms with Gasteiger partial charge in [0.1, 0.15) is 0 Å². The standard InChI is InChI=1S/C17H29N3O/c1-5-20(6-2)16-9-7-15(8-10-16)12-18-13-17(21)19-11-14(3)4/h7-10,14,18H,5-6,11-13H2,1-4H3,(H,19,21). The van der Waals surface area contributed by atoms with Gasteiger partial charge in [-0.05, 0) is 37.5 Å². The minimum absolute atomic E-state index is 0.0588. The fraction of sp³-hybridized carbons (Fsp3) is 0.588. The number of nitrogens with one attached hydrogen (secondary N) is 2. The molecule has 0 aliphatic heterocycles. The molecule has 0 aliphatic carbocycles. The van der Waals surface area contributed by atoms with Gasteiger partial charge in [-0.25, -0.2) is 0 Å². The molecular weight excluding hydrogens is 262 g/mol. The van der Waals surface area contributed by atoms with E-state index in [1.54, 1.807) is 0 Å². The van der Waals surface area contributed by atoms with Gasteiger partial charge in [0.05, 0.1) is 6.54 Å². The smallest absolute Gasteiger partial charge is 0.233 e. The number of hydrogen-bond donors (Lipinski definition) is 2. The molecule has 1 aromatic rings. The van der Waals surface area contributed by atoms with E-state index in [4.69, 9.17) is 0 Å². The number of anilines is 1. The van der Waals surface area contributed by atoms with Crippen molar-refractivity contribution in [1.29, 1.82) is 0 Å². The van der Waals surface area contributed by atoms with Crippen LogP contribution >= 0.6 is 0 Å². The number of carbonyl (C=O) groups excluding carboxylic acids is 1. The van der Waals surface area contributed by atoms with E-state index in [9.17, 15) is 4.79 Å². The highest BCUT2D eigenvalue weighted by Crippen LogP contribution is 2.14. The average Bonchev–Trinajstić information content (AvgIpc) is 2.48. The third-order valence-corrected chi connectivity index (χ3v) is 3.39. The molecule has 0 heterocycles. The van der Waals surface area contributed by atoms with Crippen molar-refractivity contribution in [3.05, 3.63) is 29.8 Å². The number of nitrogens with zero attached hydrogens (tertiary/aromatic N) is 1. The topological polar surface area (TPSA) is 44.4 Å². The van der Waals surface area contributed by atoms with Gasteiger partial charge in [0, 0.05) is 31.9 Å². The first-order valence-corrected chi connectivity index (χ1v) is 7.88. The zero-order chi connectivity index (χ0) is 15.7. The summed E-state index contributed by atoms with van der Waals surface area (Å²) in [5.41, 5.74) is 2.45. The lowest BCUT2D eigenvalue weighted by molar-refractivity contribution is -0.120. The molecule has 0 bridgehead atoms. The van der Waals surface area contributed by atoms with Gasteiger partial charge in [-0.3, -0.25) is 4.79 Å². The van der Waals surface area contributed by atoms with Crippen LogP contribution in [0.15, 0.2) is 24.3 Å². The van der Waals surface area contributed by atoms with Crippen LogP contribution in [0, 0.1) is 5.92 Å². The minimum Gasteiger partial charge on any atom is -0.372 e. The first-order chi connectivity index (χ1) is 10.1. The van der Waals surface area contributed by atoms with Crippen molar-refractivity contribution < 1.29 is 4.79 Å². The highest BCUT2D eigenvalue weighted by atomic mass is 16.1. The summed E-state index contributed by atoms with van der Waals surface area (Å²) in [4.78, 5) is 13.9. The van der Waals surface area contributed by atoms with E-state index in [-0.39, 0.29) is 5.91 Å². The maximum Gasteiger partial charge on any atom is 0.233 e. The van der Waals surface area contributed by atoms with Gasteiger partial charge < -0.3 is 15.5 Å². The molecule has 0 radical (unpaired) electrons. The summed E-state index contributed by atoms with van der Waals surface area (Å²) >= 11 is 0. The second kappa shape index (κ2) is 9.40. The number of amides is 1. The number of rotatable bonds is 9. The summed E-state index contributed by atoms with van der Waals surface area (Å²) in [6.45, 7) is 12.4. The molecule has 21 heavy (non-hydrogen) atoms. The van der Waals surface area contributed by atoms with Crippen LogP contribution in [0.25, 0.3) is 0 Å². The van der Waals surface area contributed by atoms with E-state index < -0.39 is 0 Å². The number of carbonyl (C=O) groups is 1. The van der Waals surface area contributed by atoms with Gasteiger partial charge >= 0.3 is 0 Å². The van der Waals surface area contributed by atoms with Gasteiger partial charge in [-0.15, -0.1) is 0 Å². The zero-order valence-corrected chi connectivity index (χ0v) is 13.8. The van der Waals surface area contributed by atoms with Crippen molar-refractivity contribution in [3.8, 4) is 0 Å². The summed E-state index contributed by atoms with van der Waals surface area (Å²) in [6, 6.07) is 8.52. The lowest BCUT2D eigenvalue weighted by atomic mass is 10.2. The monoisotopic (exact) mass is 291 g/mol. The van der Waals surface area contributed by atoms with E-state index in [2.05, 4.69) is 67.5 Å². The molecule has 1 amide bonds. The van der Waals surface area contributed by atoms with Crippen LogP contribution in [0.3, 0.4) is 0 Å². The zero-order valence-electron chi connectivity index (χ0n) is 13.8. The molecule has 0 atom stereocenters. The molecule has 0 unspecified atom stereocenters. The van der Waals surface area contributed by atoms with Crippen LogP contribution in [-0.4, -0.2) is 32.1 Å². The van der Waals surface area contributed by atoms with Crippen molar-refractivity contribution in [1.82, 2.24) is 10.6 Å². The summed E-state index contributed by atoms with van der Waals surface area (Å²) in [7, 11) is 0. The minimum atomic E-state index is 0.0588. The molecule has 0 spiro atoms. The molecule has 1 rings (SSSR count). The Labute approximate surface area is 128 Å². The van der Waals surface area contributed by atoms with Gasteiger partial charge in [-0.1, -0.05) is 26.0 Å². The largest absolute Gasteiger partial charge is 0.372 e. The quantitative estimate of drug-likeness (QED) is 0.734. The third kappa shape index (κ3) is 6.63. The van der Waals surface area contributed by atoms with Crippen LogP contribution in [0.5, 0.6) is 0 Å². The summed E-state index contributed by atoms with van der Waals surface area (Å²) < 4.78 is 0. The van der Waals surface area contributed by atoms with Crippen molar-refractivity contribution >= 4 is 11.6 Å². The molecule has 0 fully saturated rings. The van der Waals surface area contributed by atoms with Crippen molar-refractivity contribution in [3.63, 3.8) is 0 Å². The van der Waals surface area contributed by atoms with Gasteiger partial charge in [-0.2, -0.15) is 0 Å². The Hall–Kier alpha value is -1.55. The molecular formula is C17H29N3O. The Balaban J connectivity index is 2.34. The molecule has 0 aromatic heterocycles. The Morgan fingerprint density at radius 3 is 2.29 bits per heavy atom. The predicted molar refractivity (Wildman–Crippen MR) is 89.6 cm³/mol. The number of benzene rings is 1. The van der Waals surface area contributed by atoms with E-state index in [1.807, 2.05) is 0 Å². The fourth-order valence-corrected chi connectivity index (χ4v) is 2.11. The molecule has 0 aliphatic rings. The van der Waals surface area contributed by atoms with Gasteiger partial charge in [0.2, 0.25) is 5.91 Å². The first kappa shape index (κ1) is 17.5. The van der Waals surface area contributed by atoms with Crippen molar-refractivity contribution in [2.24, 2.45) is 5.92 Å². The Kier molecular flexibility index (Phi) is 7.83. The normalized spacial score (nSPS) is 10.7. The third-order valence-electron chi connectivity index (χ3n) is 3.39. The molecule has 2 N–H and O–H groups in total.